The minimum atomic E-state index is 0.242. The molecule has 0 saturated carbocycles. The summed E-state index contributed by atoms with van der Waals surface area (Å²) in [5.74, 6) is 1.52. The standard InChI is InChI=1S/C16H23NO2/c1-2-13-5-3-4-6-16(13)19-12-9-15(18)14-7-10-17-11-8-14/h3-6,14,17H,2,7-12H2,1H3. The second kappa shape index (κ2) is 7.29. The van der Waals surface area contributed by atoms with Crippen LogP contribution < -0.4 is 10.1 Å². The topological polar surface area (TPSA) is 38.3 Å². The largest absolute Gasteiger partial charge is 0.493 e. The average Bonchev–Trinajstić information content (AvgIpc) is 2.48. The molecule has 1 saturated heterocycles. The highest BCUT2D eigenvalue weighted by Gasteiger charge is 2.20. The molecule has 0 radical (unpaired) electrons. The van der Waals surface area contributed by atoms with E-state index in [4.69, 9.17) is 4.74 Å². The molecule has 1 heterocycles. The number of rotatable bonds is 6. The lowest BCUT2D eigenvalue weighted by Gasteiger charge is -2.21. The molecule has 0 unspecified atom stereocenters. The lowest BCUT2D eigenvalue weighted by molar-refractivity contribution is -0.124. The fourth-order valence-corrected chi connectivity index (χ4v) is 2.55. The predicted octanol–water partition coefficient (Wildman–Crippen LogP) is 2.59. The maximum Gasteiger partial charge on any atom is 0.139 e. The van der Waals surface area contributed by atoms with Crippen molar-refractivity contribution in [1.82, 2.24) is 5.32 Å². The number of hydrogen-bond acceptors (Lipinski definition) is 3. The van der Waals surface area contributed by atoms with Crippen LogP contribution in [0.3, 0.4) is 0 Å². The summed E-state index contributed by atoms with van der Waals surface area (Å²) in [5, 5.41) is 3.28. The highest BCUT2D eigenvalue weighted by atomic mass is 16.5. The van der Waals surface area contributed by atoms with Crippen molar-refractivity contribution in [2.24, 2.45) is 5.92 Å². The number of Topliss-reactive ketones (excluding diaryl/α,β-unsaturated/α-hetero) is 1. The van der Waals surface area contributed by atoms with Gasteiger partial charge in [0.1, 0.15) is 11.5 Å². The van der Waals surface area contributed by atoms with Crippen LogP contribution >= 0.6 is 0 Å². The number of para-hydroxylation sites is 1. The Morgan fingerprint density at radius 2 is 2.05 bits per heavy atom. The molecule has 3 heteroatoms. The first kappa shape index (κ1) is 14.1. The van der Waals surface area contributed by atoms with Crippen LogP contribution in [0.25, 0.3) is 0 Å². The van der Waals surface area contributed by atoms with Crippen LogP contribution in [0.15, 0.2) is 24.3 Å². The molecule has 1 fully saturated rings. The summed E-state index contributed by atoms with van der Waals surface area (Å²) < 4.78 is 5.75. The highest BCUT2D eigenvalue weighted by molar-refractivity contribution is 5.81. The van der Waals surface area contributed by atoms with E-state index >= 15 is 0 Å². The summed E-state index contributed by atoms with van der Waals surface area (Å²) in [6.07, 6.45) is 3.44. The van der Waals surface area contributed by atoms with Crippen LogP contribution in [-0.4, -0.2) is 25.5 Å². The van der Waals surface area contributed by atoms with Gasteiger partial charge in [-0.3, -0.25) is 4.79 Å². The third kappa shape index (κ3) is 4.06. The van der Waals surface area contributed by atoms with Crippen molar-refractivity contribution in [2.75, 3.05) is 19.7 Å². The van der Waals surface area contributed by atoms with Crippen LogP contribution in [0.2, 0.25) is 0 Å². The number of carbonyl (C=O) groups excluding carboxylic acids is 1. The van der Waals surface area contributed by atoms with Gasteiger partial charge in [0.05, 0.1) is 6.61 Å². The van der Waals surface area contributed by atoms with Gasteiger partial charge in [0, 0.05) is 12.3 Å². The number of hydrogen-bond donors (Lipinski definition) is 1. The van der Waals surface area contributed by atoms with Gasteiger partial charge in [-0.25, -0.2) is 0 Å². The summed E-state index contributed by atoms with van der Waals surface area (Å²) in [7, 11) is 0. The summed E-state index contributed by atoms with van der Waals surface area (Å²) in [4.78, 5) is 12.0. The third-order valence-corrected chi connectivity index (χ3v) is 3.75. The molecule has 104 valence electrons. The van der Waals surface area contributed by atoms with Crippen molar-refractivity contribution in [2.45, 2.75) is 32.6 Å². The monoisotopic (exact) mass is 261 g/mol. The van der Waals surface area contributed by atoms with E-state index in [1.807, 2.05) is 18.2 Å². The van der Waals surface area contributed by atoms with Gasteiger partial charge >= 0.3 is 0 Å². The zero-order valence-corrected chi connectivity index (χ0v) is 11.7. The molecule has 0 atom stereocenters. The number of aryl methyl sites for hydroxylation is 1. The molecule has 3 nitrogen and oxygen atoms in total. The summed E-state index contributed by atoms with van der Waals surface area (Å²) in [6, 6.07) is 8.05. The fourth-order valence-electron chi connectivity index (χ4n) is 2.55. The molecule has 1 N–H and O–H groups in total. The Bertz CT molecular complexity index is 411. The van der Waals surface area contributed by atoms with E-state index in [1.54, 1.807) is 0 Å². The van der Waals surface area contributed by atoms with Crippen molar-refractivity contribution in [3.8, 4) is 5.75 Å². The lowest BCUT2D eigenvalue weighted by Crippen LogP contribution is -2.32. The van der Waals surface area contributed by atoms with Gasteiger partial charge in [-0.15, -0.1) is 0 Å². The van der Waals surface area contributed by atoms with E-state index in [2.05, 4.69) is 18.3 Å². The van der Waals surface area contributed by atoms with E-state index in [0.29, 0.717) is 18.8 Å². The van der Waals surface area contributed by atoms with E-state index in [9.17, 15) is 4.79 Å². The van der Waals surface area contributed by atoms with Crippen molar-refractivity contribution >= 4 is 5.78 Å². The van der Waals surface area contributed by atoms with Gasteiger partial charge in [0.25, 0.3) is 0 Å². The number of benzene rings is 1. The minimum Gasteiger partial charge on any atom is -0.493 e. The Labute approximate surface area is 115 Å². The number of carbonyl (C=O) groups is 1. The second-order valence-electron chi connectivity index (χ2n) is 5.05. The molecule has 1 aliphatic rings. The quantitative estimate of drug-likeness (QED) is 0.855. The molecule has 1 aromatic rings. The van der Waals surface area contributed by atoms with E-state index < -0.39 is 0 Å². The Morgan fingerprint density at radius 3 is 2.79 bits per heavy atom. The fraction of sp³-hybridized carbons (Fsp3) is 0.562. The normalized spacial score (nSPS) is 16.3. The average molecular weight is 261 g/mol. The molecule has 1 aliphatic heterocycles. The number of ketones is 1. The summed E-state index contributed by atoms with van der Waals surface area (Å²) in [6.45, 7) is 4.55. The maximum absolute atomic E-state index is 12.0. The summed E-state index contributed by atoms with van der Waals surface area (Å²) >= 11 is 0. The molecule has 0 aromatic heterocycles. The van der Waals surface area contributed by atoms with E-state index in [1.165, 1.54) is 5.56 Å². The predicted molar refractivity (Wildman–Crippen MR) is 76.5 cm³/mol. The zero-order chi connectivity index (χ0) is 13.5. The molecule has 2 rings (SSSR count). The van der Waals surface area contributed by atoms with Gasteiger partial charge < -0.3 is 10.1 Å². The number of ether oxygens (including phenoxy) is 1. The van der Waals surface area contributed by atoms with Crippen molar-refractivity contribution < 1.29 is 9.53 Å². The molecule has 0 bridgehead atoms. The SMILES string of the molecule is CCc1ccccc1OCCC(=O)C1CCNCC1. The van der Waals surface area contributed by atoms with Crippen molar-refractivity contribution in [3.05, 3.63) is 29.8 Å². The van der Waals surface area contributed by atoms with Crippen LogP contribution in [0, 0.1) is 5.92 Å². The maximum atomic E-state index is 12.0. The Balaban J connectivity index is 1.78. The molecule has 1 aromatic carbocycles. The molecule has 19 heavy (non-hydrogen) atoms. The Hall–Kier alpha value is -1.35. The molecular weight excluding hydrogens is 238 g/mol. The number of nitrogens with one attached hydrogen (secondary N) is 1. The lowest BCUT2D eigenvalue weighted by atomic mass is 9.92. The van der Waals surface area contributed by atoms with Gasteiger partial charge in [-0.1, -0.05) is 25.1 Å². The van der Waals surface area contributed by atoms with E-state index in [-0.39, 0.29) is 5.92 Å². The van der Waals surface area contributed by atoms with Gasteiger partial charge in [0.2, 0.25) is 0 Å². The second-order valence-corrected chi connectivity index (χ2v) is 5.05. The molecule has 0 aliphatic carbocycles. The van der Waals surface area contributed by atoms with Gasteiger partial charge in [-0.2, -0.15) is 0 Å². The van der Waals surface area contributed by atoms with E-state index in [0.717, 1.165) is 38.1 Å². The van der Waals surface area contributed by atoms with Crippen LogP contribution in [0.1, 0.15) is 31.7 Å². The smallest absolute Gasteiger partial charge is 0.139 e. The highest BCUT2D eigenvalue weighted by Crippen LogP contribution is 2.19. The summed E-state index contributed by atoms with van der Waals surface area (Å²) in [5.41, 5.74) is 1.21. The molecule has 0 spiro atoms. The first-order valence-electron chi connectivity index (χ1n) is 7.25. The van der Waals surface area contributed by atoms with Crippen LogP contribution in [-0.2, 0) is 11.2 Å². The zero-order valence-electron chi connectivity index (χ0n) is 11.7. The molecule has 0 amide bonds. The van der Waals surface area contributed by atoms with Gasteiger partial charge in [0.15, 0.2) is 0 Å². The van der Waals surface area contributed by atoms with Crippen molar-refractivity contribution in [3.63, 3.8) is 0 Å². The Kier molecular flexibility index (Phi) is 5.40. The first-order valence-corrected chi connectivity index (χ1v) is 7.25. The van der Waals surface area contributed by atoms with Crippen LogP contribution in [0.4, 0.5) is 0 Å². The number of piperidine rings is 1. The van der Waals surface area contributed by atoms with Gasteiger partial charge in [-0.05, 0) is 44.0 Å². The molecular formula is C16H23NO2. The van der Waals surface area contributed by atoms with Crippen molar-refractivity contribution in [1.29, 1.82) is 0 Å². The Morgan fingerprint density at radius 1 is 1.32 bits per heavy atom. The van der Waals surface area contributed by atoms with Crippen LogP contribution in [0.5, 0.6) is 5.75 Å². The third-order valence-electron chi connectivity index (χ3n) is 3.75. The minimum absolute atomic E-state index is 0.242. The first-order chi connectivity index (χ1) is 9.31.